The molecule has 0 spiro atoms. The summed E-state index contributed by atoms with van der Waals surface area (Å²) in [5, 5.41) is 7.81. The van der Waals surface area contributed by atoms with Crippen LogP contribution in [0.3, 0.4) is 0 Å². The minimum Gasteiger partial charge on any atom is -0.336 e. The summed E-state index contributed by atoms with van der Waals surface area (Å²) >= 11 is 1.54. The van der Waals surface area contributed by atoms with Gasteiger partial charge in [-0.3, -0.25) is 9.59 Å². The van der Waals surface area contributed by atoms with Crippen LogP contribution in [-0.4, -0.2) is 41.0 Å². The molecule has 2 heterocycles. The fourth-order valence-electron chi connectivity index (χ4n) is 3.31. The molecular weight excluding hydrogens is 365 g/mol. The van der Waals surface area contributed by atoms with Gasteiger partial charge in [-0.15, -0.1) is 11.3 Å². The van der Waals surface area contributed by atoms with Crippen molar-refractivity contribution in [2.75, 3.05) is 13.6 Å². The third-order valence-corrected chi connectivity index (χ3v) is 5.83. The molecule has 1 aliphatic carbocycles. The molecule has 1 saturated carbocycles. The van der Waals surface area contributed by atoms with Gasteiger partial charge >= 0.3 is 0 Å². The Hall–Kier alpha value is -2.54. The van der Waals surface area contributed by atoms with E-state index in [-0.39, 0.29) is 30.1 Å². The highest BCUT2D eigenvalue weighted by molar-refractivity contribution is 7.12. The maximum absolute atomic E-state index is 14.4. The lowest BCUT2D eigenvalue weighted by atomic mass is 10.0. The number of thiophene rings is 1. The quantitative estimate of drug-likeness (QED) is 0.792. The number of likely N-dealkylation sites (N-methyl/N-ethyl adjacent to an activating group) is 1. The third-order valence-electron chi connectivity index (χ3n) is 4.91. The van der Waals surface area contributed by atoms with E-state index in [9.17, 15) is 14.0 Å². The first-order valence-electron chi connectivity index (χ1n) is 8.97. The first-order chi connectivity index (χ1) is 13.0. The van der Waals surface area contributed by atoms with Gasteiger partial charge in [0.25, 0.3) is 5.91 Å². The number of hydrogen-bond donors (Lipinski definition) is 0. The van der Waals surface area contributed by atoms with Gasteiger partial charge in [0.1, 0.15) is 12.4 Å². The summed E-state index contributed by atoms with van der Waals surface area (Å²) in [6.07, 6.45) is 2.23. The van der Waals surface area contributed by atoms with E-state index >= 15 is 0 Å². The lowest BCUT2D eigenvalue weighted by molar-refractivity contribution is -0.141. The molecule has 7 heteroatoms. The molecule has 2 aliphatic rings. The Morgan fingerprint density at radius 2 is 2.04 bits per heavy atom. The van der Waals surface area contributed by atoms with Crippen LogP contribution in [0.4, 0.5) is 4.39 Å². The smallest absolute Gasteiger partial charge is 0.262 e. The molecule has 1 unspecified atom stereocenters. The zero-order valence-corrected chi connectivity index (χ0v) is 15.8. The summed E-state index contributed by atoms with van der Waals surface area (Å²) in [5.41, 5.74) is 1.21. The van der Waals surface area contributed by atoms with Crippen molar-refractivity contribution >= 4 is 28.9 Å². The molecule has 0 saturated heterocycles. The van der Waals surface area contributed by atoms with Gasteiger partial charge in [0.15, 0.2) is 0 Å². The average molecular weight is 385 g/mol. The monoisotopic (exact) mass is 385 g/mol. The fraction of sp³-hybridized carbons (Fsp3) is 0.350. The van der Waals surface area contributed by atoms with Crippen molar-refractivity contribution < 1.29 is 14.0 Å². The molecule has 2 amide bonds. The first kappa shape index (κ1) is 17.9. The van der Waals surface area contributed by atoms with E-state index in [0.717, 1.165) is 23.4 Å². The molecule has 27 heavy (non-hydrogen) atoms. The van der Waals surface area contributed by atoms with Gasteiger partial charge in [0, 0.05) is 24.9 Å². The normalized spacial score (nSPS) is 19.1. The zero-order chi connectivity index (χ0) is 19.0. The highest BCUT2D eigenvalue weighted by Gasteiger charge is 2.37. The Balaban J connectivity index is 1.59. The maximum Gasteiger partial charge on any atom is 0.262 e. The van der Waals surface area contributed by atoms with Gasteiger partial charge in [-0.1, -0.05) is 24.3 Å². The minimum absolute atomic E-state index is 0.00699. The molecule has 1 aliphatic heterocycles. The summed E-state index contributed by atoms with van der Waals surface area (Å²) < 4.78 is 14.4. The van der Waals surface area contributed by atoms with Crippen LogP contribution in [0.2, 0.25) is 0 Å². The standard InChI is InChI=1S/C20H20FN3O2S/c1-23(20(26)13-8-9-13)12-19(25)24-17(14-5-2-3-6-15(14)21)11-16(22-24)18-7-4-10-27-18/h2-7,10,13,17H,8-9,11-12H2,1H3. The van der Waals surface area contributed by atoms with Crippen LogP contribution in [0.5, 0.6) is 0 Å². The van der Waals surface area contributed by atoms with E-state index < -0.39 is 6.04 Å². The van der Waals surface area contributed by atoms with Crippen LogP contribution in [0.25, 0.3) is 0 Å². The van der Waals surface area contributed by atoms with Crippen LogP contribution in [0.15, 0.2) is 46.9 Å². The van der Waals surface area contributed by atoms with Gasteiger partial charge in [-0.05, 0) is 30.4 Å². The number of nitrogens with zero attached hydrogens (tertiary/aromatic N) is 3. The van der Waals surface area contributed by atoms with Crippen molar-refractivity contribution in [3.8, 4) is 0 Å². The van der Waals surface area contributed by atoms with Gasteiger partial charge in [0.05, 0.1) is 16.6 Å². The Labute approximate surface area is 161 Å². The number of rotatable bonds is 5. The van der Waals surface area contributed by atoms with Crippen LogP contribution in [-0.2, 0) is 9.59 Å². The highest BCUT2D eigenvalue weighted by Crippen LogP contribution is 2.35. The van der Waals surface area contributed by atoms with Gasteiger partial charge in [-0.25, -0.2) is 9.40 Å². The van der Waals surface area contributed by atoms with E-state index in [1.54, 1.807) is 25.2 Å². The Morgan fingerprint density at radius 1 is 1.26 bits per heavy atom. The second kappa shape index (κ2) is 7.23. The van der Waals surface area contributed by atoms with E-state index in [1.165, 1.54) is 27.3 Å². The summed E-state index contributed by atoms with van der Waals surface area (Å²) in [4.78, 5) is 27.5. The summed E-state index contributed by atoms with van der Waals surface area (Å²) in [7, 11) is 1.64. The molecule has 4 rings (SSSR count). The number of benzene rings is 1. The molecule has 2 aromatic rings. The number of hydrazone groups is 1. The van der Waals surface area contributed by atoms with Crippen molar-refractivity contribution in [2.24, 2.45) is 11.0 Å². The van der Waals surface area contributed by atoms with Crippen molar-refractivity contribution in [2.45, 2.75) is 25.3 Å². The number of carbonyl (C=O) groups excluding carboxylic acids is 2. The summed E-state index contributed by atoms with van der Waals surface area (Å²) in [5.74, 6) is -0.613. The molecule has 0 radical (unpaired) electrons. The van der Waals surface area contributed by atoms with E-state index in [1.807, 2.05) is 17.5 Å². The summed E-state index contributed by atoms with van der Waals surface area (Å²) in [6.45, 7) is -0.0541. The minimum atomic E-state index is -0.500. The van der Waals surface area contributed by atoms with Crippen LogP contribution >= 0.6 is 11.3 Å². The Bertz CT molecular complexity index is 892. The van der Waals surface area contributed by atoms with E-state index in [4.69, 9.17) is 0 Å². The molecule has 1 fully saturated rings. The average Bonchev–Trinajstić information content (AvgIpc) is 3.18. The molecule has 0 bridgehead atoms. The van der Waals surface area contributed by atoms with Crippen LogP contribution in [0, 0.1) is 11.7 Å². The molecular formula is C20H20FN3O2S. The molecule has 1 aromatic carbocycles. The number of hydrogen-bond acceptors (Lipinski definition) is 4. The third kappa shape index (κ3) is 3.64. The van der Waals surface area contributed by atoms with E-state index in [0.29, 0.717) is 12.0 Å². The van der Waals surface area contributed by atoms with Crippen molar-refractivity contribution in [3.63, 3.8) is 0 Å². The highest BCUT2D eigenvalue weighted by atomic mass is 32.1. The topological polar surface area (TPSA) is 53.0 Å². The number of amides is 2. The predicted molar refractivity (Wildman–Crippen MR) is 102 cm³/mol. The molecule has 140 valence electrons. The van der Waals surface area contributed by atoms with Crippen molar-refractivity contribution in [1.82, 2.24) is 9.91 Å². The second-order valence-electron chi connectivity index (χ2n) is 6.97. The maximum atomic E-state index is 14.4. The fourth-order valence-corrected chi connectivity index (χ4v) is 4.04. The molecule has 1 aromatic heterocycles. The van der Waals surface area contributed by atoms with Crippen molar-refractivity contribution in [1.29, 1.82) is 0 Å². The predicted octanol–water partition coefficient (Wildman–Crippen LogP) is 3.43. The van der Waals surface area contributed by atoms with Gasteiger partial charge in [0.2, 0.25) is 5.91 Å². The van der Waals surface area contributed by atoms with Crippen molar-refractivity contribution in [3.05, 3.63) is 58.0 Å². The van der Waals surface area contributed by atoms with E-state index in [2.05, 4.69) is 5.10 Å². The first-order valence-corrected chi connectivity index (χ1v) is 9.85. The SMILES string of the molecule is CN(CC(=O)N1N=C(c2cccs2)CC1c1ccccc1F)C(=O)C1CC1. The van der Waals surface area contributed by atoms with Crippen LogP contribution in [0.1, 0.15) is 35.7 Å². The van der Waals surface area contributed by atoms with Gasteiger partial charge in [-0.2, -0.15) is 5.10 Å². The largest absolute Gasteiger partial charge is 0.336 e. The van der Waals surface area contributed by atoms with Crippen LogP contribution < -0.4 is 0 Å². The summed E-state index contributed by atoms with van der Waals surface area (Å²) in [6, 6.07) is 9.83. The van der Waals surface area contributed by atoms with Gasteiger partial charge < -0.3 is 4.90 Å². The Kier molecular flexibility index (Phi) is 4.78. The molecule has 5 nitrogen and oxygen atoms in total. The zero-order valence-electron chi connectivity index (χ0n) is 15.0. The Morgan fingerprint density at radius 3 is 2.70 bits per heavy atom. The lowest BCUT2D eigenvalue weighted by Crippen LogP contribution is -2.39. The number of halogens is 1. The second-order valence-corrected chi connectivity index (χ2v) is 7.92. The molecule has 1 atom stereocenters. The number of carbonyl (C=O) groups is 2. The molecule has 0 N–H and O–H groups in total. The lowest BCUT2D eigenvalue weighted by Gasteiger charge is -2.25.